The van der Waals surface area contributed by atoms with Crippen molar-refractivity contribution in [3.05, 3.63) is 68.7 Å². The van der Waals surface area contributed by atoms with Gasteiger partial charge < -0.3 is 0 Å². The first kappa shape index (κ1) is 14.7. The van der Waals surface area contributed by atoms with E-state index >= 15 is 0 Å². The van der Waals surface area contributed by atoms with Gasteiger partial charge in [-0.1, -0.05) is 30.3 Å². The number of nitrogens with one attached hydrogen (secondary N) is 1. The molecule has 0 aliphatic carbocycles. The van der Waals surface area contributed by atoms with Crippen LogP contribution >= 0.6 is 0 Å². The smallest absolute Gasteiger partial charge is 0.266 e. The molecule has 1 aliphatic rings. The molecule has 2 aromatic rings. The summed E-state index contributed by atoms with van der Waals surface area (Å²) >= 11 is 0. The van der Waals surface area contributed by atoms with E-state index in [0.29, 0.717) is 6.67 Å². The molecule has 1 saturated heterocycles. The molecule has 6 nitrogen and oxygen atoms in total. The number of nitrogens with zero attached hydrogens (tertiary/aromatic N) is 3. The molecule has 1 aromatic carbocycles. The Hall–Kier alpha value is -2.18. The third-order valence-corrected chi connectivity index (χ3v) is 3.94. The van der Waals surface area contributed by atoms with Crippen LogP contribution in [-0.2, 0) is 13.2 Å². The number of aromatic amines is 1. The summed E-state index contributed by atoms with van der Waals surface area (Å²) in [6.45, 7) is 5.08. The summed E-state index contributed by atoms with van der Waals surface area (Å²) in [7, 11) is 0. The minimum atomic E-state index is -0.248. The van der Waals surface area contributed by atoms with Gasteiger partial charge in [-0.05, 0) is 5.56 Å². The molecule has 1 fully saturated rings. The van der Waals surface area contributed by atoms with E-state index in [2.05, 4.69) is 39.2 Å². The number of hydrogen-bond donors (Lipinski definition) is 1. The molecule has 0 unspecified atom stereocenters. The highest BCUT2D eigenvalue weighted by atomic mass is 16.2. The van der Waals surface area contributed by atoms with Gasteiger partial charge in [-0.25, -0.2) is 4.68 Å². The first-order chi connectivity index (χ1) is 10.7. The predicted molar refractivity (Wildman–Crippen MR) is 84.6 cm³/mol. The average Bonchev–Trinajstić information content (AvgIpc) is 2.54. The number of aromatic nitrogens is 2. The number of piperazine rings is 1. The standard InChI is InChI=1S/C16H20N4O2/c21-15-6-7-16(22)20(17-15)13-19-10-8-18(9-11-19)12-14-4-2-1-3-5-14/h1-7H,8-13H2,(H,17,21). The summed E-state index contributed by atoms with van der Waals surface area (Å²) in [5.41, 5.74) is 0.896. The molecule has 1 aromatic heterocycles. The molecule has 1 N–H and O–H groups in total. The van der Waals surface area contributed by atoms with Crippen LogP contribution in [0.5, 0.6) is 0 Å². The van der Waals surface area contributed by atoms with E-state index in [9.17, 15) is 9.59 Å². The second-order valence-corrected chi connectivity index (χ2v) is 5.60. The molecule has 6 heteroatoms. The van der Waals surface area contributed by atoms with Crippen LogP contribution in [-0.4, -0.2) is 45.8 Å². The molecule has 3 rings (SSSR count). The van der Waals surface area contributed by atoms with E-state index in [0.717, 1.165) is 32.7 Å². The Morgan fingerprint density at radius 2 is 1.55 bits per heavy atom. The minimum absolute atomic E-state index is 0.175. The Labute approximate surface area is 128 Å². The van der Waals surface area contributed by atoms with Crippen LogP contribution in [0.2, 0.25) is 0 Å². The van der Waals surface area contributed by atoms with Gasteiger partial charge in [-0.3, -0.25) is 24.5 Å². The van der Waals surface area contributed by atoms with Crippen molar-refractivity contribution < 1.29 is 0 Å². The van der Waals surface area contributed by atoms with Crippen molar-refractivity contribution in [3.8, 4) is 0 Å². The highest BCUT2D eigenvalue weighted by molar-refractivity contribution is 5.14. The van der Waals surface area contributed by atoms with Crippen LogP contribution in [0.25, 0.3) is 0 Å². The lowest BCUT2D eigenvalue weighted by Crippen LogP contribution is -2.48. The molecule has 22 heavy (non-hydrogen) atoms. The van der Waals surface area contributed by atoms with Crippen LogP contribution in [0.4, 0.5) is 0 Å². The molecular weight excluding hydrogens is 280 g/mol. The van der Waals surface area contributed by atoms with Gasteiger partial charge >= 0.3 is 0 Å². The van der Waals surface area contributed by atoms with E-state index in [-0.39, 0.29) is 11.1 Å². The minimum Gasteiger partial charge on any atom is -0.297 e. The molecule has 0 atom stereocenters. The number of benzene rings is 1. The summed E-state index contributed by atoms with van der Waals surface area (Å²) in [6.07, 6.45) is 0. The molecule has 0 spiro atoms. The van der Waals surface area contributed by atoms with Crippen molar-refractivity contribution in [2.75, 3.05) is 26.2 Å². The van der Waals surface area contributed by atoms with Gasteiger partial charge in [-0.2, -0.15) is 0 Å². The fourth-order valence-electron chi connectivity index (χ4n) is 2.70. The quantitative estimate of drug-likeness (QED) is 0.883. The Kier molecular flexibility index (Phi) is 4.50. The average molecular weight is 300 g/mol. The maximum atomic E-state index is 11.7. The van der Waals surface area contributed by atoms with Gasteiger partial charge in [0.15, 0.2) is 0 Å². The van der Waals surface area contributed by atoms with E-state index in [1.807, 2.05) is 6.07 Å². The van der Waals surface area contributed by atoms with Gasteiger partial charge in [0.05, 0.1) is 6.67 Å². The van der Waals surface area contributed by atoms with Crippen LogP contribution in [0.1, 0.15) is 5.56 Å². The second-order valence-electron chi connectivity index (χ2n) is 5.60. The van der Waals surface area contributed by atoms with Gasteiger partial charge in [0.25, 0.3) is 11.1 Å². The van der Waals surface area contributed by atoms with E-state index in [1.165, 1.54) is 22.4 Å². The highest BCUT2D eigenvalue weighted by Crippen LogP contribution is 2.08. The molecular formula is C16H20N4O2. The normalized spacial score (nSPS) is 16.7. The van der Waals surface area contributed by atoms with Crippen LogP contribution in [0.3, 0.4) is 0 Å². The molecule has 2 heterocycles. The van der Waals surface area contributed by atoms with E-state index in [1.54, 1.807) is 0 Å². The summed E-state index contributed by atoms with van der Waals surface area (Å²) in [5.74, 6) is 0. The highest BCUT2D eigenvalue weighted by Gasteiger charge is 2.17. The Bertz CT molecular complexity index is 715. The van der Waals surface area contributed by atoms with Gasteiger partial charge in [-0.15, -0.1) is 0 Å². The monoisotopic (exact) mass is 300 g/mol. The van der Waals surface area contributed by atoms with Crippen molar-refractivity contribution in [2.45, 2.75) is 13.2 Å². The van der Waals surface area contributed by atoms with Crippen LogP contribution in [0.15, 0.2) is 52.1 Å². The topological polar surface area (TPSA) is 61.3 Å². The molecule has 116 valence electrons. The first-order valence-corrected chi connectivity index (χ1v) is 7.49. The fraction of sp³-hybridized carbons (Fsp3) is 0.375. The van der Waals surface area contributed by atoms with Gasteiger partial charge in [0, 0.05) is 44.9 Å². The van der Waals surface area contributed by atoms with Crippen molar-refractivity contribution in [1.82, 2.24) is 19.6 Å². The van der Waals surface area contributed by atoms with E-state index < -0.39 is 0 Å². The Morgan fingerprint density at radius 3 is 2.27 bits per heavy atom. The lowest BCUT2D eigenvalue weighted by Gasteiger charge is -2.34. The van der Waals surface area contributed by atoms with Crippen molar-refractivity contribution in [2.24, 2.45) is 0 Å². The van der Waals surface area contributed by atoms with Crippen molar-refractivity contribution in [1.29, 1.82) is 0 Å². The number of hydrogen-bond acceptors (Lipinski definition) is 4. The summed E-state index contributed by atoms with van der Waals surface area (Å²) < 4.78 is 1.37. The number of rotatable bonds is 4. The van der Waals surface area contributed by atoms with E-state index in [4.69, 9.17) is 0 Å². The largest absolute Gasteiger partial charge is 0.297 e. The third kappa shape index (κ3) is 3.72. The molecule has 0 amide bonds. The first-order valence-electron chi connectivity index (χ1n) is 7.49. The zero-order valence-corrected chi connectivity index (χ0v) is 12.4. The lowest BCUT2D eigenvalue weighted by molar-refractivity contribution is 0.0967. The predicted octanol–water partition coefficient (Wildman–Crippen LogP) is 0.312. The second kappa shape index (κ2) is 6.72. The SMILES string of the molecule is O=c1ccc(=O)n(CN2CCN(Cc3ccccc3)CC2)[nH]1. The molecule has 0 radical (unpaired) electrons. The molecule has 0 saturated carbocycles. The third-order valence-electron chi connectivity index (χ3n) is 3.94. The zero-order chi connectivity index (χ0) is 15.4. The lowest BCUT2D eigenvalue weighted by atomic mass is 10.2. The van der Waals surface area contributed by atoms with Gasteiger partial charge in [0.2, 0.25) is 0 Å². The maximum Gasteiger partial charge on any atom is 0.266 e. The fourth-order valence-corrected chi connectivity index (χ4v) is 2.70. The summed E-state index contributed by atoms with van der Waals surface area (Å²) in [4.78, 5) is 27.6. The maximum absolute atomic E-state index is 11.7. The van der Waals surface area contributed by atoms with Crippen molar-refractivity contribution in [3.63, 3.8) is 0 Å². The summed E-state index contributed by atoms with van der Waals surface area (Å²) in [5, 5.41) is 2.57. The number of H-pyrrole nitrogens is 1. The van der Waals surface area contributed by atoms with Crippen LogP contribution < -0.4 is 11.1 Å². The molecule has 1 aliphatic heterocycles. The van der Waals surface area contributed by atoms with Gasteiger partial charge in [0.1, 0.15) is 0 Å². The molecule has 0 bridgehead atoms. The Morgan fingerprint density at radius 1 is 0.864 bits per heavy atom. The van der Waals surface area contributed by atoms with Crippen molar-refractivity contribution >= 4 is 0 Å². The Balaban J connectivity index is 1.54. The zero-order valence-electron chi connectivity index (χ0n) is 12.4. The van der Waals surface area contributed by atoms with Crippen LogP contribution in [0, 0.1) is 0 Å². The summed E-state index contributed by atoms with van der Waals surface area (Å²) in [6, 6.07) is 13.0.